The van der Waals surface area contributed by atoms with Gasteiger partial charge >= 0.3 is 6.09 Å². The van der Waals surface area contributed by atoms with Crippen LogP contribution < -0.4 is 5.32 Å². The molecular weight excluding hydrogens is 593 g/mol. The van der Waals surface area contributed by atoms with Crippen molar-refractivity contribution in [2.24, 2.45) is 0 Å². The molecule has 0 saturated carbocycles. The third kappa shape index (κ3) is 5.44. The van der Waals surface area contributed by atoms with Crippen molar-refractivity contribution in [2.75, 3.05) is 25.0 Å². The molecule has 0 bridgehead atoms. The maximum Gasteiger partial charge on any atom is 0.410 e. The highest BCUT2D eigenvalue weighted by Crippen LogP contribution is 2.46. The summed E-state index contributed by atoms with van der Waals surface area (Å²) in [5, 5.41) is 4.55. The van der Waals surface area contributed by atoms with Gasteiger partial charge in [0.1, 0.15) is 10.0 Å². The monoisotopic (exact) mass is 624 g/mol. The number of benzene rings is 2. The van der Waals surface area contributed by atoms with E-state index in [0.29, 0.717) is 43.2 Å². The van der Waals surface area contributed by atoms with Gasteiger partial charge in [-0.15, -0.1) is 22.7 Å². The van der Waals surface area contributed by atoms with Gasteiger partial charge in [0, 0.05) is 35.1 Å². The molecule has 1 N–H and O–H groups in total. The van der Waals surface area contributed by atoms with Gasteiger partial charge in [-0.05, 0) is 75.1 Å². The summed E-state index contributed by atoms with van der Waals surface area (Å²) >= 11 is 3.00. The summed E-state index contributed by atoms with van der Waals surface area (Å²) in [5.41, 5.74) is 3.20. The average Bonchev–Trinajstić information content (AvgIpc) is 3.57. The fraction of sp³-hybridized carbons (Fsp3) is 0.367. The van der Waals surface area contributed by atoms with E-state index in [2.05, 4.69) is 5.32 Å². The van der Waals surface area contributed by atoms with Crippen LogP contribution in [0.15, 0.2) is 53.4 Å². The van der Waals surface area contributed by atoms with E-state index < -0.39 is 10.0 Å². The Bertz CT molecular complexity index is 1710. The van der Waals surface area contributed by atoms with Crippen LogP contribution in [-0.4, -0.2) is 60.3 Å². The number of thiophene rings is 1. The quantitative estimate of drug-likeness (QED) is 0.268. The average molecular weight is 625 g/mol. The number of nitrogens with one attached hydrogen (secondary N) is 1. The van der Waals surface area contributed by atoms with Crippen LogP contribution in [0, 0.1) is 0 Å². The molecule has 1 saturated heterocycles. The predicted molar refractivity (Wildman–Crippen MR) is 166 cm³/mol. The number of para-hydroxylation sites is 1. The van der Waals surface area contributed by atoms with Gasteiger partial charge < -0.3 is 15.0 Å². The number of rotatable bonds is 6. The Morgan fingerprint density at radius 3 is 2.60 bits per heavy atom. The topological polar surface area (TPSA) is 109 Å². The van der Waals surface area contributed by atoms with Crippen LogP contribution in [-0.2, 0) is 27.7 Å². The number of amides is 2. The van der Waals surface area contributed by atoms with Crippen molar-refractivity contribution in [3.63, 3.8) is 0 Å². The number of aromatic nitrogens is 1. The molecule has 1 unspecified atom stereocenters. The van der Waals surface area contributed by atoms with Crippen molar-refractivity contribution in [1.29, 1.82) is 0 Å². The van der Waals surface area contributed by atoms with E-state index in [4.69, 9.17) is 9.72 Å². The first-order valence-electron chi connectivity index (χ1n) is 14.1. The summed E-state index contributed by atoms with van der Waals surface area (Å²) in [5.74, 6) is -0.339. The molecular formula is C30H32N4O5S3. The summed E-state index contributed by atoms with van der Waals surface area (Å²) < 4.78 is 34.3. The lowest BCUT2D eigenvalue weighted by Gasteiger charge is -2.32. The molecule has 2 aromatic heterocycles. The zero-order chi connectivity index (χ0) is 29.4. The van der Waals surface area contributed by atoms with E-state index in [1.165, 1.54) is 23.5 Å². The molecule has 2 amide bonds. The third-order valence-corrected chi connectivity index (χ3v) is 12.0. The van der Waals surface area contributed by atoms with Crippen molar-refractivity contribution in [3.05, 3.63) is 64.5 Å². The zero-order valence-corrected chi connectivity index (χ0v) is 25.9. The lowest BCUT2D eigenvalue weighted by Crippen LogP contribution is -2.41. The second-order valence-corrected chi connectivity index (χ2v) is 14.5. The first kappa shape index (κ1) is 28.8. The maximum atomic E-state index is 13.5. The molecule has 0 radical (unpaired) electrons. The molecule has 1 fully saturated rings. The van der Waals surface area contributed by atoms with Crippen molar-refractivity contribution in [1.82, 2.24) is 14.2 Å². The summed E-state index contributed by atoms with van der Waals surface area (Å²) in [6.07, 6.45) is 2.99. The number of hydrogen-bond donors (Lipinski definition) is 1. The number of sulfonamides is 1. The Labute approximate surface area is 253 Å². The van der Waals surface area contributed by atoms with Gasteiger partial charge in [0.2, 0.25) is 10.0 Å². The van der Waals surface area contributed by atoms with Crippen molar-refractivity contribution < 1.29 is 22.7 Å². The van der Waals surface area contributed by atoms with Crippen LogP contribution in [0.3, 0.4) is 0 Å². The highest BCUT2D eigenvalue weighted by atomic mass is 32.2. The molecule has 0 spiro atoms. The van der Waals surface area contributed by atoms with Crippen LogP contribution in [0.5, 0.6) is 0 Å². The first-order chi connectivity index (χ1) is 20.3. The normalized spacial score (nSPS) is 17.7. The maximum absolute atomic E-state index is 13.5. The highest BCUT2D eigenvalue weighted by Gasteiger charge is 2.32. The number of hydrogen-bond acceptors (Lipinski definition) is 8. The summed E-state index contributed by atoms with van der Waals surface area (Å²) in [6, 6.07) is 14.0. The molecule has 42 heavy (non-hydrogen) atoms. The van der Waals surface area contributed by atoms with Gasteiger partial charge in [-0.2, -0.15) is 4.31 Å². The van der Waals surface area contributed by atoms with E-state index in [1.54, 1.807) is 39.6 Å². The minimum Gasteiger partial charge on any atom is -0.450 e. The number of fused-ring (bicyclic) bond motifs is 2. The van der Waals surface area contributed by atoms with E-state index in [-0.39, 0.29) is 22.9 Å². The van der Waals surface area contributed by atoms with E-state index in [9.17, 15) is 18.0 Å². The number of ether oxygens (including phenoxy) is 1. The number of carbonyl (C=O) groups is 2. The van der Waals surface area contributed by atoms with E-state index >= 15 is 0 Å². The molecule has 2 aromatic carbocycles. The molecule has 0 aliphatic carbocycles. The Kier molecular flexibility index (Phi) is 8.05. The molecule has 4 aromatic rings. The Morgan fingerprint density at radius 1 is 1.07 bits per heavy atom. The van der Waals surface area contributed by atoms with Crippen molar-refractivity contribution in [3.8, 4) is 10.6 Å². The fourth-order valence-corrected chi connectivity index (χ4v) is 9.65. The molecule has 2 aliphatic heterocycles. The van der Waals surface area contributed by atoms with Crippen molar-refractivity contribution >= 4 is 59.9 Å². The van der Waals surface area contributed by atoms with Gasteiger partial charge in [-0.3, -0.25) is 4.79 Å². The number of piperidine rings is 1. The minimum absolute atomic E-state index is 0.0442. The predicted octanol–water partition coefficient (Wildman–Crippen LogP) is 6.35. The summed E-state index contributed by atoms with van der Waals surface area (Å²) in [4.78, 5) is 33.7. The smallest absolute Gasteiger partial charge is 0.410 e. The number of anilines is 1. The van der Waals surface area contributed by atoms with E-state index in [0.717, 1.165) is 50.5 Å². The second-order valence-electron chi connectivity index (χ2n) is 10.5. The Hall–Kier alpha value is -3.32. The fourth-order valence-electron chi connectivity index (χ4n) is 5.59. The molecule has 220 valence electrons. The number of carbonyl (C=O) groups excluding carboxylic acids is 2. The van der Waals surface area contributed by atoms with Gasteiger partial charge in [0.15, 0.2) is 0 Å². The standard InChI is InChI=1S/C30H32N4O5S3/c1-3-39-30(36)33-17-15-22-25(18-33)41-29(26(22)28-31-23-9-4-5-10-24(23)40-28)32-27(35)20-11-13-21(14-12-20)42(37,38)34-16-7-6-8-19(34)2/h4-5,9-14,19H,3,6-8,15-18H2,1-2H3,(H,32,35). The van der Waals surface area contributed by atoms with Crippen LogP contribution in [0.25, 0.3) is 20.8 Å². The molecule has 4 heterocycles. The van der Waals surface area contributed by atoms with Crippen molar-refractivity contribution in [2.45, 2.75) is 57.0 Å². The van der Waals surface area contributed by atoms with Crippen LogP contribution >= 0.6 is 22.7 Å². The van der Waals surface area contributed by atoms with Gasteiger partial charge in [-0.25, -0.2) is 18.2 Å². The number of thiazole rings is 1. The molecule has 6 rings (SSSR count). The molecule has 9 nitrogen and oxygen atoms in total. The summed E-state index contributed by atoms with van der Waals surface area (Å²) in [6.45, 7) is 5.45. The van der Waals surface area contributed by atoms with E-state index in [1.807, 2.05) is 31.2 Å². The summed E-state index contributed by atoms with van der Waals surface area (Å²) in [7, 11) is -3.63. The van der Waals surface area contributed by atoms with Crippen LogP contribution in [0.1, 0.15) is 53.9 Å². The Morgan fingerprint density at radius 2 is 1.86 bits per heavy atom. The largest absolute Gasteiger partial charge is 0.450 e. The minimum atomic E-state index is -3.63. The highest BCUT2D eigenvalue weighted by molar-refractivity contribution is 7.89. The third-order valence-electron chi connectivity index (χ3n) is 7.78. The van der Waals surface area contributed by atoms with Crippen LogP contribution in [0.4, 0.5) is 9.80 Å². The molecule has 1 atom stereocenters. The number of nitrogens with zero attached hydrogens (tertiary/aromatic N) is 3. The SMILES string of the molecule is CCOC(=O)N1CCc2c(sc(NC(=O)c3ccc(S(=O)(=O)N4CCCCC4C)cc3)c2-c2nc3ccccc3s2)C1. The second kappa shape index (κ2) is 11.8. The lowest BCUT2D eigenvalue weighted by molar-refractivity contribution is 0.102. The Balaban J connectivity index is 1.30. The zero-order valence-electron chi connectivity index (χ0n) is 23.5. The van der Waals surface area contributed by atoms with Gasteiger partial charge in [0.25, 0.3) is 5.91 Å². The molecule has 2 aliphatic rings. The van der Waals surface area contributed by atoms with Gasteiger partial charge in [0.05, 0.1) is 28.3 Å². The lowest BCUT2D eigenvalue weighted by atomic mass is 10.0. The first-order valence-corrected chi connectivity index (χ1v) is 17.2. The van der Waals surface area contributed by atoms with Gasteiger partial charge in [-0.1, -0.05) is 18.6 Å². The molecule has 12 heteroatoms. The van der Waals surface area contributed by atoms with Crippen LogP contribution in [0.2, 0.25) is 0 Å².